The van der Waals surface area contributed by atoms with Gasteiger partial charge in [-0.2, -0.15) is 8.42 Å². The normalized spacial score (nSPS) is 15.0. The average molecular weight is 1590 g/mol. The molecule has 6 aromatic rings. The van der Waals surface area contributed by atoms with E-state index in [0.717, 1.165) is 55.1 Å². The third kappa shape index (κ3) is 22.6. The molecule has 0 aromatic heterocycles. The van der Waals surface area contributed by atoms with E-state index in [1.54, 1.807) is 56.3 Å². The van der Waals surface area contributed by atoms with Crippen molar-refractivity contribution in [2.75, 3.05) is 29.6 Å². The fraction of sp³-hybridized carbons (Fsp3) is 0.432. The number of ether oxygens (including phenoxy) is 1. The zero-order valence-electron chi connectivity index (χ0n) is 60.6. The van der Waals surface area contributed by atoms with Crippen LogP contribution in [0.4, 0.5) is 22.0 Å². The van der Waals surface area contributed by atoms with Crippen LogP contribution in [0.25, 0.3) is 11.1 Å². The molecule has 2 aliphatic heterocycles. The number of amides is 2. The zero-order chi connectivity index (χ0) is 79.3. The Balaban J connectivity index is 0.000000243. The average Bonchev–Trinajstić information content (AvgIpc) is 1.14. The van der Waals surface area contributed by atoms with E-state index >= 15 is 0 Å². The molecule has 21 nitrogen and oxygen atoms in total. The number of nitrogens with zero attached hydrogens (tertiary/aromatic N) is 5. The van der Waals surface area contributed by atoms with Crippen molar-refractivity contribution in [1.82, 2.24) is 5.06 Å². The van der Waals surface area contributed by atoms with E-state index in [1.165, 1.54) is 90.6 Å². The summed E-state index contributed by atoms with van der Waals surface area (Å²) in [5, 5.41) is -0.539. The lowest BCUT2D eigenvalue weighted by molar-refractivity contribution is -0.154. The van der Waals surface area contributed by atoms with Crippen molar-refractivity contribution >= 4 is 92.7 Å². The van der Waals surface area contributed by atoms with Crippen LogP contribution in [0.1, 0.15) is 210 Å². The summed E-state index contributed by atoms with van der Waals surface area (Å²) in [6.45, 7) is 18.5. The van der Waals surface area contributed by atoms with Crippen LogP contribution in [-0.4, -0.2) is 124 Å². The third-order valence-electron chi connectivity index (χ3n) is 18.4. The zero-order valence-corrected chi connectivity index (χ0v) is 65.5. The van der Waals surface area contributed by atoms with Crippen molar-refractivity contribution in [3.8, 4) is 0 Å². The van der Waals surface area contributed by atoms with Crippen LogP contribution in [-0.2, 0) is 74.2 Å². The first-order chi connectivity index (χ1) is 49.7. The summed E-state index contributed by atoms with van der Waals surface area (Å²) in [7, 11) is -21.4. The first-order valence-corrected chi connectivity index (χ1v) is 43.6. The molecule has 3 unspecified atom stereocenters. The molecule has 2 heterocycles. The smallest absolute Gasteiger partial charge is 0.465 e. The Kier molecular flexibility index (Phi) is 32.8. The Hall–Kier alpha value is -7.93. The summed E-state index contributed by atoms with van der Waals surface area (Å²) >= 11 is 0. The molecule has 1 saturated carbocycles. The molecule has 106 heavy (non-hydrogen) atoms. The summed E-state index contributed by atoms with van der Waals surface area (Å²) in [5.74, 6) is -7.31. The fourth-order valence-electron chi connectivity index (χ4n) is 10.6. The van der Waals surface area contributed by atoms with Gasteiger partial charge in [0.15, 0.2) is 29.0 Å². The van der Waals surface area contributed by atoms with Gasteiger partial charge in [-0.15, -0.1) is 18.9 Å². The molecule has 2 fully saturated rings. The topological polar surface area (TPSA) is 333 Å². The number of fused-ring (bicyclic) bond motifs is 1. The fourth-order valence-corrected chi connectivity index (χ4v) is 21.3. The van der Waals surface area contributed by atoms with Crippen LogP contribution in [0.15, 0.2) is 142 Å². The number of halogens is 5. The largest absolute Gasteiger partial charge is 0.504 e. The molecule has 0 spiro atoms. The molecule has 3 aliphatic rings. The standard InChI is InChI=1S/C18H17NO5S.C17H18N2O4S2.C16H28N2O6S2.C16H23OS.C7H3F5/c1-3-12(2)13-8-10-14(11-9-13)25(22,23)24-19-17(20)15-6-4-5-7-16(15)18(19)21;1-3-13(2)14-9-11-16(12-10-14)25(22,23)17(19-18)24(20,21)15-7-5-4-6-8-15;1-4-16(2,3)14(19)24-11-8-12-25(20,21)15(18-17)26(22,23)13-9-6-5-7-10-13;1-3-13(2)14-6-8-15(9-7-14)16(17)12-18-10-4-5-11-18;1-2-3(8)5(10)7(12)6(11)4(2)9/h4-12H,3H2,1-2H3;4-13H,3H2,1-2H3;13H,4-12H2,1-3H3;6-9,13H,3-5,10-12H2,1-2H3;1H3/q;;;+1;. The van der Waals surface area contributed by atoms with E-state index in [-0.39, 0.29) is 44.8 Å². The molecule has 32 heteroatoms. The van der Waals surface area contributed by atoms with E-state index in [4.69, 9.17) is 20.1 Å². The minimum absolute atomic E-state index is 0.0763. The quantitative estimate of drug-likeness (QED) is 0.00525. The molecular formula is C74H89F5N5O16S6+. The maximum Gasteiger partial charge on any atom is 0.504 e. The van der Waals surface area contributed by atoms with Crippen molar-refractivity contribution in [2.45, 2.75) is 184 Å². The molecule has 576 valence electrons. The highest BCUT2D eigenvalue weighted by atomic mass is 32.3. The molecule has 2 amide bonds. The van der Waals surface area contributed by atoms with Crippen molar-refractivity contribution in [1.29, 1.82) is 0 Å². The van der Waals surface area contributed by atoms with Crippen LogP contribution < -0.4 is 0 Å². The van der Waals surface area contributed by atoms with E-state index in [9.17, 15) is 83.2 Å². The van der Waals surface area contributed by atoms with E-state index < -0.39 is 127 Å². The van der Waals surface area contributed by atoms with Gasteiger partial charge in [0.05, 0.1) is 48.8 Å². The summed E-state index contributed by atoms with van der Waals surface area (Å²) in [6, 6.07) is 33.5. The van der Waals surface area contributed by atoms with Crippen LogP contribution in [0.2, 0.25) is 0 Å². The summed E-state index contributed by atoms with van der Waals surface area (Å²) < 4.78 is 194. The lowest BCUT2D eigenvalue weighted by atomic mass is 9.91. The first kappa shape index (κ1) is 88.7. The van der Waals surface area contributed by atoms with Gasteiger partial charge >= 0.3 is 24.8 Å². The molecule has 9 rings (SSSR count). The summed E-state index contributed by atoms with van der Waals surface area (Å²) in [4.78, 5) is 53.0. The Bertz CT molecular complexity index is 4660. The Morgan fingerprint density at radius 3 is 1.39 bits per heavy atom. The summed E-state index contributed by atoms with van der Waals surface area (Å²) in [6.07, 6.45) is 9.14. The number of hydrogen-bond donors (Lipinski definition) is 0. The van der Waals surface area contributed by atoms with Gasteiger partial charge in [0.1, 0.15) is 11.5 Å². The maximum absolute atomic E-state index is 12.7. The van der Waals surface area contributed by atoms with Gasteiger partial charge in [-0.3, -0.25) is 19.2 Å². The minimum Gasteiger partial charge on any atom is -0.465 e. The highest BCUT2D eigenvalue weighted by molar-refractivity contribution is 8.31. The number of imide groups is 1. The van der Waals surface area contributed by atoms with Gasteiger partial charge in [-0.05, 0) is 172 Å². The number of sulfone groups is 4. The second kappa shape index (κ2) is 39.3. The molecule has 0 bridgehead atoms. The number of Topliss-reactive ketones (excluding diaryl/α,β-unsaturated/α-hetero) is 1. The van der Waals surface area contributed by atoms with Crippen LogP contribution in [0.3, 0.4) is 0 Å². The predicted molar refractivity (Wildman–Crippen MR) is 394 cm³/mol. The predicted octanol–water partition coefficient (Wildman–Crippen LogP) is 14.7. The first-order valence-electron chi connectivity index (χ1n) is 34.3. The Morgan fingerprint density at radius 2 is 0.962 bits per heavy atom. The summed E-state index contributed by atoms with van der Waals surface area (Å²) in [5.41, 5.74) is 21.1. The second-order valence-electron chi connectivity index (χ2n) is 26.1. The minimum atomic E-state index is -4.49. The van der Waals surface area contributed by atoms with E-state index in [2.05, 4.69) is 35.6 Å². The SMILES string of the molecule is CCC(C)(C)C(=O)OCCCS(=O)(=O)C(=[N+]=[N-])S(=O)(=O)C1CCCCC1.CCC(C)c1ccc(C(=O)C[S+]2CCCC2)cc1.CCC(C)c1ccc(S(=O)(=O)C(=[N+]=[N-])S(=O)(=O)c2ccccc2)cc1.CCC(C)c1ccc(S(=O)(=O)ON2C(=O)c3ccccc3C2=O)cc1.Cc1c(F)c(F)c(F)c(F)c1F. The number of hydrogen-bond acceptors (Lipinski definition) is 16. The molecular weight excluding hydrogens is 1500 g/mol. The molecule has 1 saturated heterocycles. The van der Waals surface area contributed by atoms with Crippen LogP contribution in [0, 0.1) is 41.4 Å². The molecule has 1 aliphatic carbocycles. The number of esters is 1. The number of carbonyl (C=O) groups excluding carboxylic acids is 4. The number of carbonyl (C=O) groups is 4. The Morgan fingerprint density at radius 1 is 0.557 bits per heavy atom. The lowest BCUT2D eigenvalue weighted by Crippen LogP contribution is -2.37. The van der Waals surface area contributed by atoms with Crippen molar-refractivity contribution in [3.05, 3.63) is 206 Å². The lowest BCUT2D eigenvalue weighted by Gasteiger charge is -2.20. The Labute approximate surface area is 621 Å². The number of rotatable bonds is 21. The third-order valence-corrected chi connectivity index (χ3v) is 30.9. The van der Waals surface area contributed by atoms with Gasteiger partial charge in [-0.1, -0.05) is 147 Å². The number of ketones is 1. The monoisotopic (exact) mass is 1590 g/mol. The van der Waals surface area contributed by atoms with E-state index in [0.29, 0.717) is 65.7 Å². The number of benzene rings is 6. The van der Waals surface area contributed by atoms with Gasteiger partial charge in [0, 0.05) is 11.1 Å². The number of hydroxylamine groups is 2. The molecule has 3 atom stereocenters. The second-order valence-corrected chi connectivity index (χ2v) is 38.3. The van der Waals surface area contributed by atoms with Crippen LogP contribution >= 0.6 is 0 Å². The highest BCUT2D eigenvalue weighted by Gasteiger charge is 2.47. The van der Waals surface area contributed by atoms with Gasteiger partial charge in [-0.25, -0.2) is 55.6 Å². The van der Waals surface area contributed by atoms with Crippen molar-refractivity contribution < 1.29 is 102 Å². The highest BCUT2D eigenvalue weighted by Crippen LogP contribution is 2.31. The van der Waals surface area contributed by atoms with E-state index in [1.807, 2.05) is 46.8 Å². The van der Waals surface area contributed by atoms with Gasteiger partial charge < -0.3 is 15.8 Å². The maximum atomic E-state index is 12.7. The molecule has 6 aromatic carbocycles. The van der Waals surface area contributed by atoms with Crippen molar-refractivity contribution in [3.63, 3.8) is 0 Å². The van der Waals surface area contributed by atoms with Crippen LogP contribution in [0.5, 0.6) is 0 Å². The molecule has 0 radical (unpaired) electrons. The van der Waals surface area contributed by atoms with Gasteiger partial charge in [0.25, 0.3) is 51.2 Å². The van der Waals surface area contributed by atoms with Crippen molar-refractivity contribution in [2.24, 2.45) is 5.41 Å². The molecule has 0 N–H and O–H groups in total. The van der Waals surface area contributed by atoms with Gasteiger partial charge in [0.2, 0.25) is 11.6 Å².